The summed E-state index contributed by atoms with van der Waals surface area (Å²) in [7, 11) is 0. The van der Waals surface area contributed by atoms with Crippen molar-refractivity contribution >= 4 is 51.7 Å². The topological polar surface area (TPSA) is 67.2 Å². The fraction of sp³-hybridized carbons (Fsp3) is 0.400. The molecule has 0 spiro atoms. The number of anilines is 1. The van der Waals surface area contributed by atoms with Gasteiger partial charge in [-0.15, -0.1) is 0 Å². The number of thiocarbonyl (C=S) groups is 1. The highest BCUT2D eigenvalue weighted by molar-refractivity contribution is 8.26. The molecule has 0 saturated carbocycles. The maximum absolute atomic E-state index is 13.9. The van der Waals surface area contributed by atoms with Crippen molar-refractivity contribution in [3.05, 3.63) is 80.6 Å². The van der Waals surface area contributed by atoms with E-state index < -0.39 is 0 Å². The number of carbonyl (C=O) groups excluding carboxylic acids is 1. The quantitative estimate of drug-likeness (QED) is 0.316. The molecule has 3 fully saturated rings. The van der Waals surface area contributed by atoms with Crippen LogP contribution in [0.1, 0.15) is 42.4 Å². The van der Waals surface area contributed by atoms with Crippen molar-refractivity contribution in [2.24, 2.45) is 5.92 Å². The monoisotopic (exact) mass is 560 g/mol. The Balaban J connectivity index is 1.31. The lowest BCUT2D eigenvalue weighted by Crippen LogP contribution is -2.37. The highest BCUT2D eigenvalue weighted by Gasteiger charge is 2.35. The van der Waals surface area contributed by atoms with Gasteiger partial charge in [0.25, 0.3) is 11.5 Å². The Hall–Kier alpha value is -3.01. The second kappa shape index (κ2) is 11.2. The third-order valence-corrected chi connectivity index (χ3v) is 9.28. The summed E-state index contributed by atoms with van der Waals surface area (Å²) in [5.41, 5.74) is 3.21. The normalized spacial score (nSPS) is 21.6. The SMILES string of the molecule is Cc1cccn2c(=O)c(/C=C3\SC(=S)N(C[C@H]4CCCO4)C3=O)c(N3CCC(Cc4ccccc4)CC3)nc12. The molecular weight excluding hydrogens is 528 g/mol. The first-order valence-electron chi connectivity index (χ1n) is 13.7. The van der Waals surface area contributed by atoms with E-state index in [1.807, 2.05) is 19.1 Å². The Labute approximate surface area is 237 Å². The number of hydrogen-bond acceptors (Lipinski definition) is 7. The highest BCUT2D eigenvalue weighted by Crippen LogP contribution is 2.35. The van der Waals surface area contributed by atoms with Crippen LogP contribution in [0.15, 0.2) is 58.4 Å². The second-order valence-electron chi connectivity index (χ2n) is 10.6. The molecule has 3 aliphatic heterocycles. The average molecular weight is 561 g/mol. The van der Waals surface area contributed by atoms with Crippen molar-refractivity contribution in [1.29, 1.82) is 0 Å². The van der Waals surface area contributed by atoms with Crippen molar-refractivity contribution in [2.45, 2.75) is 45.1 Å². The lowest BCUT2D eigenvalue weighted by atomic mass is 9.90. The Kier molecular flexibility index (Phi) is 7.55. The van der Waals surface area contributed by atoms with Crippen LogP contribution >= 0.6 is 24.0 Å². The number of fused-ring (bicyclic) bond motifs is 1. The van der Waals surface area contributed by atoms with Crippen LogP contribution in [0.5, 0.6) is 0 Å². The van der Waals surface area contributed by atoms with Crippen LogP contribution in [-0.4, -0.2) is 56.9 Å². The summed E-state index contributed by atoms with van der Waals surface area (Å²) in [4.78, 5) is 36.6. The first-order valence-corrected chi connectivity index (χ1v) is 14.9. The van der Waals surface area contributed by atoms with Gasteiger partial charge in [-0.05, 0) is 68.2 Å². The van der Waals surface area contributed by atoms with Crippen molar-refractivity contribution in [3.63, 3.8) is 0 Å². The van der Waals surface area contributed by atoms with E-state index in [-0.39, 0.29) is 17.6 Å². The third kappa shape index (κ3) is 5.40. The van der Waals surface area contributed by atoms with Crippen molar-refractivity contribution in [3.8, 4) is 0 Å². The van der Waals surface area contributed by atoms with Gasteiger partial charge in [0.05, 0.1) is 23.1 Å². The molecule has 0 N–H and O–H groups in total. The zero-order chi connectivity index (χ0) is 26.9. The zero-order valence-corrected chi connectivity index (χ0v) is 23.7. The summed E-state index contributed by atoms with van der Waals surface area (Å²) in [6, 6.07) is 14.4. The minimum Gasteiger partial charge on any atom is -0.376 e. The zero-order valence-electron chi connectivity index (χ0n) is 22.0. The van der Waals surface area contributed by atoms with Crippen LogP contribution in [0, 0.1) is 12.8 Å². The summed E-state index contributed by atoms with van der Waals surface area (Å²) in [5.74, 6) is 1.07. The molecule has 5 heterocycles. The van der Waals surface area contributed by atoms with E-state index in [9.17, 15) is 9.59 Å². The fourth-order valence-electron chi connectivity index (χ4n) is 5.74. The Morgan fingerprint density at radius 2 is 1.90 bits per heavy atom. The minimum atomic E-state index is -0.172. The number of aryl methyl sites for hydroxylation is 1. The molecule has 2 aromatic heterocycles. The molecule has 0 bridgehead atoms. The van der Waals surface area contributed by atoms with Gasteiger partial charge >= 0.3 is 0 Å². The maximum Gasteiger partial charge on any atom is 0.267 e. The van der Waals surface area contributed by atoms with Crippen LogP contribution in [0.2, 0.25) is 0 Å². The van der Waals surface area contributed by atoms with Gasteiger partial charge in [-0.3, -0.25) is 18.9 Å². The van der Waals surface area contributed by atoms with Crippen LogP contribution in [0.4, 0.5) is 5.82 Å². The predicted octanol–water partition coefficient (Wildman–Crippen LogP) is 4.84. The van der Waals surface area contributed by atoms with E-state index in [1.54, 1.807) is 21.6 Å². The van der Waals surface area contributed by atoms with E-state index >= 15 is 0 Å². The second-order valence-corrected chi connectivity index (χ2v) is 12.3. The number of pyridine rings is 1. The number of thioether (sulfide) groups is 1. The van der Waals surface area contributed by atoms with Crippen LogP contribution < -0.4 is 10.5 Å². The Bertz CT molecular complexity index is 1490. The number of carbonyl (C=O) groups is 1. The van der Waals surface area contributed by atoms with Gasteiger partial charge < -0.3 is 9.64 Å². The smallest absolute Gasteiger partial charge is 0.267 e. The fourth-order valence-corrected chi connectivity index (χ4v) is 7.00. The number of piperidine rings is 1. The van der Waals surface area contributed by atoms with Gasteiger partial charge in [0, 0.05) is 25.9 Å². The molecule has 1 atom stereocenters. The van der Waals surface area contributed by atoms with E-state index in [2.05, 4.69) is 35.2 Å². The molecule has 202 valence electrons. The lowest BCUT2D eigenvalue weighted by Gasteiger charge is -2.33. The molecular formula is C30H32N4O3S2. The summed E-state index contributed by atoms with van der Waals surface area (Å²) in [5, 5.41) is 0. The number of benzene rings is 1. The summed E-state index contributed by atoms with van der Waals surface area (Å²) >= 11 is 6.81. The van der Waals surface area contributed by atoms with E-state index in [0.29, 0.717) is 38.7 Å². The maximum atomic E-state index is 13.9. The number of rotatable bonds is 6. The molecule has 0 unspecified atom stereocenters. The molecule has 1 aromatic carbocycles. The van der Waals surface area contributed by atoms with Gasteiger partial charge in [-0.1, -0.05) is 60.4 Å². The number of ether oxygens (including phenoxy) is 1. The number of aromatic nitrogens is 2. The first kappa shape index (κ1) is 26.2. The van der Waals surface area contributed by atoms with Gasteiger partial charge in [-0.25, -0.2) is 4.98 Å². The third-order valence-electron chi connectivity index (χ3n) is 7.90. The van der Waals surface area contributed by atoms with Gasteiger partial charge in [0.15, 0.2) is 0 Å². The number of hydrogen-bond donors (Lipinski definition) is 0. The summed E-state index contributed by atoms with van der Waals surface area (Å²) < 4.78 is 7.83. The highest BCUT2D eigenvalue weighted by atomic mass is 32.2. The predicted molar refractivity (Wildman–Crippen MR) is 160 cm³/mol. The van der Waals surface area contributed by atoms with Crippen LogP contribution in [0.3, 0.4) is 0 Å². The lowest BCUT2D eigenvalue weighted by molar-refractivity contribution is -0.123. The minimum absolute atomic E-state index is 0.00975. The van der Waals surface area contributed by atoms with Gasteiger partial charge in [-0.2, -0.15) is 0 Å². The molecule has 3 aromatic rings. The largest absolute Gasteiger partial charge is 0.376 e. The molecule has 0 radical (unpaired) electrons. The molecule has 3 saturated heterocycles. The van der Waals surface area contributed by atoms with Crippen LogP contribution in [-0.2, 0) is 16.0 Å². The van der Waals surface area contributed by atoms with Crippen molar-refractivity contribution in [1.82, 2.24) is 14.3 Å². The van der Waals surface area contributed by atoms with Crippen LogP contribution in [0.25, 0.3) is 11.7 Å². The van der Waals surface area contributed by atoms with E-state index in [1.165, 1.54) is 17.3 Å². The van der Waals surface area contributed by atoms with Gasteiger partial charge in [0.2, 0.25) is 0 Å². The molecule has 0 aliphatic carbocycles. The van der Waals surface area contributed by atoms with Crippen molar-refractivity contribution in [2.75, 3.05) is 31.1 Å². The Morgan fingerprint density at radius 3 is 2.64 bits per heavy atom. The molecule has 7 nitrogen and oxygen atoms in total. The molecule has 6 rings (SSSR count). The first-order chi connectivity index (χ1) is 19.0. The Morgan fingerprint density at radius 1 is 1.10 bits per heavy atom. The molecule has 1 amide bonds. The van der Waals surface area contributed by atoms with Gasteiger partial charge in [0.1, 0.15) is 15.8 Å². The van der Waals surface area contributed by atoms with E-state index in [0.717, 1.165) is 57.4 Å². The molecule has 9 heteroatoms. The number of amides is 1. The summed E-state index contributed by atoms with van der Waals surface area (Å²) in [6.07, 6.45) is 8.49. The number of nitrogens with zero attached hydrogens (tertiary/aromatic N) is 4. The van der Waals surface area contributed by atoms with E-state index in [4.69, 9.17) is 21.9 Å². The average Bonchev–Trinajstić information content (AvgIpc) is 3.56. The molecule has 3 aliphatic rings. The standard InChI is InChI=1S/C30H32N4O3S2/c1-20-7-5-13-33-26(20)31-27(32-14-11-22(12-15-32)17-21-8-3-2-4-9-21)24(28(33)35)18-25-29(36)34(30(38)39-25)19-23-10-6-16-37-23/h2-5,7-9,13,18,22-23H,6,10-12,14-17,19H2,1H3/b25-18-/t23-/m1/s1. The van der Waals surface area contributed by atoms with Crippen molar-refractivity contribution < 1.29 is 9.53 Å². The summed E-state index contributed by atoms with van der Waals surface area (Å²) in [6.45, 7) is 4.77. The molecule has 39 heavy (non-hydrogen) atoms.